The Labute approximate surface area is 77.8 Å². The van der Waals surface area contributed by atoms with Gasteiger partial charge in [-0.2, -0.15) is 11.8 Å². The van der Waals surface area contributed by atoms with E-state index in [1.54, 1.807) is 0 Å². The highest BCUT2D eigenvalue weighted by Crippen LogP contribution is 2.07. The van der Waals surface area contributed by atoms with Gasteiger partial charge in [-0.05, 0) is 19.2 Å². The van der Waals surface area contributed by atoms with Crippen LogP contribution in [0.3, 0.4) is 0 Å². The van der Waals surface area contributed by atoms with E-state index in [1.165, 1.54) is 5.69 Å². The molecule has 1 rings (SSSR count). The number of thioether (sulfide) groups is 1. The van der Waals surface area contributed by atoms with Gasteiger partial charge in [-0.1, -0.05) is 6.07 Å². The fourth-order valence-electron chi connectivity index (χ4n) is 0.834. The molecule has 0 fully saturated rings. The lowest BCUT2D eigenvalue weighted by Gasteiger charge is -1.99. The van der Waals surface area contributed by atoms with Gasteiger partial charge in [0, 0.05) is 24.2 Å². The second-order valence-corrected chi connectivity index (χ2v) is 3.58. The van der Waals surface area contributed by atoms with E-state index in [0.717, 1.165) is 18.1 Å². The molecule has 0 radical (unpaired) electrons. The van der Waals surface area contributed by atoms with Crippen molar-refractivity contribution in [3.8, 4) is 0 Å². The number of hydrogen-bond donors (Lipinski definition) is 1. The van der Waals surface area contributed by atoms with Crippen LogP contribution >= 0.6 is 11.8 Å². The maximum atomic E-state index is 4.24. The van der Waals surface area contributed by atoms with Crippen molar-refractivity contribution < 1.29 is 0 Å². The minimum absolute atomic E-state index is 1.02. The number of aromatic nitrogens is 1. The van der Waals surface area contributed by atoms with Gasteiger partial charge in [-0.15, -0.1) is 0 Å². The smallest absolute Gasteiger partial charge is 0.0502 e. The Kier molecular flexibility index (Phi) is 4.80. The zero-order valence-corrected chi connectivity index (χ0v) is 8.10. The molecule has 66 valence electrons. The molecule has 0 spiro atoms. The van der Waals surface area contributed by atoms with Gasteiger partial charge in [0.05, 0.1) is 5.69 Å². The maximum absolute atomic E-state index is 4.24. The first kappa shape index (κ1) is 9.55. The van der Waals surface area contributed by atoms with E-state index in [0.29, 0.717) is 0 Å². The lowest BCUT2D eigenvalue weighted by molar-refractivity contribution is 0.871. The van der Waals surface area contributed by atoms with Gasteiger partial charge in [0.25, 0.3) is 0 Å². The van der Waals surface area contributed by atoms with Crippen LogP contribution in [0, 0.1) is 0 Å². The quantitative estimate of drug-likeness (QED) is 0.699. The van der Waals surface area contributed by atoms with E-state index in [9.17, 15) is 0 Å². The van der Waals surface area contributed by atoms with Gasteiger partial charge in [0.15, 0.2) is 0 Å². The van der Waals surface area contributed by atoms with Gasteiger partial charge in [-0.25, -0.2) is 0 Å². The summed E-state index contributed by atoms with van der Waals surface area (Å²) >= 11 is 1.91. The van der Waals surface area contributed by atoms with Crippen molar-refractivity contribution in [1.82, 2.24) is 10.3 Å². The third-order valence-electron chi connectivity index (χ3n) is 1.47. The molecule has 0 aliphatic heterocycles. The molecule has 0 atom stereocenters. The predicted molar refractivity (Wildman–Crippen MR) is 54.3 cm³/mol. The Balaban J connectivity index is 2.16. The zero-order valence-electron chi connectivity index (χ0n) is 7.29. The molecule has 1 aromatic rings. The number of nitrogens with one attached hydrogen (secondary N) is 1. The van der Waals surface area contributed by atoms with Crippen LogP contribution < -0.4 is 5.32 Å². The van der Waals surface area contributed by atoms with Gasteiger partial charge < -0.3 is 5.32 Å². The molecular weight excluding hydrogens is 168 g/mol. The van der Waals surface area contributed by atoms with Crippen LogP contribution in [0.15, 0.2) is 24.4 Å². The fraction of sp³-hybridized carbons (Fsp3) is 0.444. The van der Waals surface area contributed by atoms with E-state index >= 15 is 0 Å². The van der Waals surface area contributed by atoms with Crippen molar-refractivity contribution in [2.45, 2.75) is 5.75 Å². The minimum Gasteiger partial charge on any atom is -0.319 e. The second-order valence-electron chi connectivity index (χ2n) is 2.48. The van der Waals surface area contributed by atoms with Gasteiger partial charge in [-0.3, -0.25) is 4.98 Å². The van der Waals surface area contributed by atoms with E-state index in [1.807, 2.05) is 37.1 Å². The molecule has 1 aromatic heterocycles. The van der Waals surface area contributed by atoms with Crippen LogP contribution in [0.2, 0.25) is 0 Å². The highest BCUT2D eigenvalue weighted by molar-refractivity contribution is 7.98. The highest BCUT2D eigenvalue weighted by atomic mass is 32.2. The summed E-state index contributed by atoms with van der Waals surface area (Å²) in [7, 11) is 1.97. The van der Waals surface area contributed by atoms with E-state index in [-0.39, 0.29) is 0 Å². The van der Waals surface area contributed by atoms with E-state index in [4.69, 9.17) is 0 Å². The minimum atomic E-state index is 1.02. The Bertz CT molecular complexity index is 201. The number of rotatable bonds is 5. The van der Waals surface area contributed by atoms with Crippen LogP contribution in [-0.4, -0.2) is 24.3 Å². The summed E-state index contributed by atoms with van der Waals surface area (Å²) in [5.74, 6) is 2.16. The molecule has 1 heterocycles. The fourth-order valence-corrected chi connectivity index (χ4v) is 1.71. The Morgan fingerprint density at radius 2 is 2.42 bits per heavy atom. The molecule has 0 unspecified atom stereocenters. The first-order valence-corrected chi connectivity index (χ1v) is 5.21. The third-order valence-corrected chi connectivity index (χ3v) is 2.47. The Hall–Kier alpha value is -0.540. The van der Waals surface area contributed by atoms with Crippen LogP contribution in [0.4, 0.5) is 0 Å². The lowest BCUT2D eigenvalue weighted by atomic mass is 10.4. The summed E-state index contributed by atoms with van der Waals surface area (Å²) in [6, 6.07) is 6.04. The normalized spacial score (nSPS) is 10.1. The molecule has 0 saturated carbocycles. The first-order chi connectivity index (χ1) is 5.93. The predicted octanol–water partition coefficient (Wildman–Crippen LogP) is 1.53. The Morgan fingerprint density at radius 3 is 3.08 bits per heavy atom. The first-order valence-electron chi connectivity index (χ1n) is 4.05. The molecular formula is C9H14N2S. The summed E-state index contributed by atoms with van der Waals surface area (Å²) in [6.45, 7) is 1.07. The average molecular weight is 182 g/mol. The van der Waals surface area contributed by atoms with Crippen molar-refractivity contribution in [2.24, 2.45) is 0 Å². The molecule has 0 saturated heterocycles. The molecule has 0 aliphatic carbocycles. The van der Waals surface area contributed by atoms with Gasteiger partial charge in [0.2, 0.25) is 0 Å². The van der Waals surface area contributed by atoms with Crippen molar-refractivity contribution in [1.29, 1.82) is 0 Å². The van der Waals surface area contributed by atoms with Crippen LogP contribution in [-0.2, 0) is 5.75 Å². The number of hydrogen-bond acceptors (Lipinski definition) is 3. The standard InChI is InChI=1S/C9H14N2S/c1-10-6-7-12-8-9-4-2-3-5-11-9/h2-5,10H,6-8H2,1H3. The second kappa shape index (κ2) is 6.03. The number of pyridine rings is 1. The summed E-state index contributed by atoms with van der Waals surface area (Å²) in [6.07, 6.45) is 1.84. The van der Waals surface area contributed by atoms with E-state index in [2.05, 4.69) is 16.4 Å². The third kappa shape index (κ3) is 3.74. The summed E-state index contributed by atoms with van der Waals surface area (Å²) in [4.78, 5) is 4.24. The maximum Gasteiger partial charge on any atom is 0.0502 e. The van der Waals surface area contributed by atoms with Crippen molar-refractivity contribution in [3.63, 3.8) is 0 Å². The summed E-state index contributed by atoms with van der Waals surface area (Å²) in [5, 5.41) is 3.11. The van der Waals surface area contributed by atoms with Gasteiger partial charge in [0.1, 0.15) is 0 Å². The van der Waals surface area contributed by atoms with Gasteiger partial charge >= 0.3 is 0 Å². The average Bonchev–Trinajstić information content (AvgIpc) is 2.14. The lowest BCUT2D eigenvalue weighted by Crippen LogP contribution is -2.09. The Morgan fingerprint density at radius 1 is 1.50 bits per heavy atom. The molecule has 0 aromatic carbocycles. The van der Waals surface area contributed by atoms with Crippen molar-refractivity contribution in [2.75, 3.05) is 19.3 Å². The van der Waals surface area contributed by atoms with Crippen LogP contribution in [0.1, 0.15) is 5.69 Å². The SMILES string of the molecule is CNCCSCc1ccccn1. The molecule has 12 heavy (non-hydrogen) atoms. The number of nitrogens with zero attached hydrogens (tertiary/aromatic N) is 1. The highest BCUT2D eigenvalue weighted by Gasteiger charge is 1.91. The van der Waals surface area contributed by atoms with E-state index < -0.39 is 0 Å². The van der Waals surface area contributed by atoms with Crippen LogP contribution in [0.25, 0.3) is 0 Å². The molecule has 3 heteroatoms. The largest absolute Gasteiger partial charge is 0.319 e. The summed E-state index contributed by atoms with van der Waals surface area (Å²) in [5.41, 5.74) is 1.17. The summed E-state index contributed by atoms with van der Waals surface area (Å²) < 4.78 is 0. The topological polar surface area (TPSA) is 24.9 Å². The molecule has 0 amide bonds. The molecule has 1 N–H and O–H groups in total. The van der Waals surface area contributed by atoms with Crippen molar-refractivity contribution in [3.05, 3.63) is 30.1 Å². The monoisotopic (exact) mass is 182 g/mol. The zero-order chi connectivity index (χ0) is 8.65. The molecule has 0 aliphatic rings. The van der Waals surface area contributed by atoms with Crippen LogP contribution in [0.5, 0.6) is 0 Å². The molecule has 0 bridgehead atoms. The van der Waals surface area contributed by atoms with Crippen molar-refractivity contribution >= 4 is 11.8 Å². The molecule has 2 nitrogen and oxygen atoms in total.